The Kier molecular flexibility index (Phi) is 5.84. The molecule has 2 aromatic heterocycles. The molecule has 0 fully saturated rings. The molecule has 0 aliphatic heterocycles. The Labute approximate surface area is 153 Å². The quantitative estimate of drug-likeness (QED) is 0.529. The highest BCUT2D eigenvalue weighted by molar-refractivity contribution is 5.79. The standard InChI is InChI=1S/C20H24FN5/c1-3-22-20(24-13-16-6-8-17(21)9-7-16)23-11-10-18-14-26-12-4-5-15(2)19(26)25-18/h4-9,12,14H,3,10-11,13H2,1-2H3,(H2,22,23,24). The van der Waals surface area contributed by atoms with Crippen LogP contribution in [0.1, 0.15) is 23.7 Å². The fourth-order valence-corrected chi connectivity index (χ4v) is 2.74. The Balaban J connectivity index is 1.58. The van der Waals surface area contributed by atoms with Crippen LogP contribution in [0.3, 0.4) is 0 Å². The molecule has 0 saturated heterocycles. The van der Waals surface area contributed by atoms with Crippen LogP contribution in [-0.2, 0) is 13.0 Å². The van der Waals surface area contributed by atoms with Crippen molar-refractivity contribution >= 4 is 11.6 Å². The highest BCUT2D eigenvalue weighted by Crippen LogP contribution is 2.10. The first-order valence-electron chi connectivity index (χ1n) is 8.85. The molecule has 6 heteroatoms. The van der Waals surface area contributed by atoms with Crippen LogP contribution in [0.2, 0.25) is 0 Å². The van der Waals surface area contributed by atoms with Crippen LogP contribution in [0, 0.1) is 12.7 Å². The van der Waals surface area contributed by atoms with Crippen LogP contribution in [0.25, 0.3) is 5.65 Å². The lowest BCUT2D eigenvalue weighted by molar-refractivity contribution is 0.627. The Morgan fingerprint density at radius 2 is 2.00 bits per heavy atom. The van der Waals surface area contributed by atoms with Gasteiger partial charge in [0.25, 0.3) is 0 Å². The van der Waals surface area contributed by atoms with Gasteiger partial charge in [-0.15, -0.1) is 0 Å². The van der Waals surface area contributed by atoms with Gasteiger partial charge in [-0.3, -0.25) is 0 Å². The third kappa shape index (κ3) is 4.59. The van der Waals surface area contributed by atoms with E-state index in [1.165, 1.54) is 17.7 Å². The first-order valence-corrected chi connectivity index (χ1v) is 8.85. The lowest BCUT2D eigenvalue weighted by atomic mass is 10.2. The Bertz CT molecular complexity index is 883. The average molecular weight is 353 g/mol. The van der Waals surface area contributed by atoms with Gasteiger partial charge < -0.3 is 15.0 Å². The largest absolute Gasteiger partial charge is 0.357 e. The predicted octanol–water partition coefficient (Wildman–Crippen LogP) is 3.08. The molecule has 0 saturated carbocycles. The van der Waals surface area contributed by atoms with Gasteiger partial charge in [-0.1, -0.05) is 18.2 Å². The number of aliphatic imine (C=N–C) groups is 1. The molecule has 0 aliphatic rings. The van der Waals surface area contributed by atoms with Gasteiger partial charge in [0.2, 0.25) is 0 Å². The molecule has 2 N–H and O–H groups in total. The summed E-state index contributed by atoms with van der Waals surface area (Å²) in [6, 6.07) is 10.5. The lowest BCUT2D eigenvalue weighted by Gasteiger charge is -2.10. The maximum absolute atomic E-state index is 13.0. The van der Waals surface area contributed by atoms with Crippen molar-refractivity contribution in [3.8, 4) is 0 Å². The molecular formula is C20H24FN5. The number of nitrogens with zero attached hydrogens (tertiary/aromatic N) is 3. The van der Waals surface area contributed by atoms with E-state index in [0.29, 0.717) is 6.54 Å². The van der Waals surface area contributed by atoms with Gasteiger partial charge in [0.15, 0.2) is 5.96 Å². The molecule has 3 aromatic rings. The second-order valence-electron chi connectivity index (χ2n) is 6.15. The van der Waals surface area contributed by atoms with E-state index >= 15 is 0 Å². The summed E-state index contributed by atoms with van der Waals surface area (Å²) in [7, 11) is 0. The molecule has 0 unspecified atom stereocenters. The van der Waals surface area contributed by atoms with Crippen molar-refractivity contribution in [1.29, 1.82) is 0 Å². The third-order valence-corrected chi connectivity index (χ3v) is 4.08. The zero-order valence-corrected chi connectivity index (χ0v) is 15.2. The number of pyridine rings is 1. The van der Waals surface area contributed by atoms with Gasteiger partial charge in [-0.05, 0) is 43.2 Å². The van der Waals surface area contributed by atoms with E-state index in [2.05, 4.69) is 44.2 Å². The minimum atomic E-state index is -0.231. The summed E-state index contributed by atoms with van der Waals surface area (Å²) in [5.41, 5.74) is 4.18. The van der Waals surface area contributed by atoms with E-state index in [9.17, 15) is 4.39 Å². The van der Waals surface area contributed by atoms with Crippen molar-refractivity contribution in [3.05, 3.63) is 71.4 Å². The van der Waals surface area contributed by atoms with Crippen molar-refractivity contribution in [2.45, 2.75) is 26.8 Å². The predicted molar refractivity (Wildman–Crippen MR) is 103 cm³/mol. The molecule has 26 heavy (non-hydrogen) atoms. The number of halogens is 1. The van der Waals surface area contributed by atoms with E-state index in [-0.39, 0.29) is 5.82 Å². The van der Waals surface area contributed by atoms with E-state index in [4.69, 9.17) is 0 Å². The molecular weight excluding hydrogens is 329 g/mol. The number of hydrogen-bond donors (Lipinski definition) is 2. The van der Waals surface area contributed by atoms with Crippen molar-refractivity contribution in [2.75, 3.05) is 13.1 Å². The number of guanidine groups is 1. The Hall–Kier alpha value is -2.89. The minimum absolute atomic E-state index is 0.231. The smallest absolute Gasteiger partial charge is 0.191 e. The average Bonchev–Trinajstić information content (AvgIpc) is 3.05. The summed E-state index contributed by atoms with van der Waals surface area (Å²) < 4.78 is 15.0. The summed E-state index contributed by atoms with van der Waals surface area (Å²) in [5, 5.41) is 6.55. The number of rotatable bonds is 6. The van der Waals surface area contributed by atoms with Crippen LogP contribution >= 0.6 is 0 Å². The van der Waals surface area contributed by atoms with Gasteiger partial charge >= 0.3 is 0 Å². The molecule has 0 spiro atoms. The fraction of sp³-hybridized carbons (Fsp3) is 0.300. The number of aromatic nitrogens is 2. The van der Waals surface area contributed by atoms with Gasteiger partial charge in [0.05, 0.1) is 12.2 Å². The first-order chi connectivity index (χ1) is 12.7. The number of benzene rings is 1. The molecule has 0 atom stereocenters. The number of fused-ring (bicyclic) bond motifs is 1. The maximum atomic E-state index is 13.0. The van der Waals surface area contributed by atoms with Gasteiger partial charge in [0.1, 0.15) is 11.5 Å². The van der Waals surface area contributed by atoms with Crippen molar-refractivity contribution < 1.29 is 4.39 Å². The highest BCUT2D eigenvalue weighted by Gasteiger charge is 2.04. The normalized spacial score (nSPS) is 11.7. The monoisotopic (exact) mass is 353 g/mol. The first kappa shape index (κ1) is 17.9. The van der Waals surface area contributed by atoms with E-state index in [0.717, 1.165) is 42.4 Å². The van der Waals surface area contributed by atoms with Gasteiger partial charge in [-0.2, -0.15) is 0 Å². The maximum Gasteiger partial charge on any atom is 0.191 e. The molecule has 1 aromatic carbocycles. The number of nitrogens with one attached hydrogen (secondary N) is 2. The molecule has 3 rings (SSSR count). The molecule has 136 valence electrons. The number of hydrogen-bond acceptors (Lipinski definition) is 2. The van der Waals surface area contributed by atoms with Crippen molar-refractivity contribution in [3.63, 3.8) is 0 Å². The molecule has 0 radical (unpaired) electrons. The zero-order valence-electron chi connectivity index (χ0n) is 15.2. The fourth-order valence-electron chi connectivity index (χ4n) is 2.74. The third-order valence-electron chi connectivity index (χ3n) is 4.08. The summed E-state index contributed by atoms with van der Waals surface area (Å²) >= 11 is 0. The summed E-state index contributed by atoms with van der Waals surface area (Å²) in [6.45, 7) is 6.11. The molecule has 2 heterocycles. The zero-order chi connectivity index (χ0) is 18.4. The SMILES string of the molecule is CCNC(=NCc1ccc(F)cc1)NCCc1cn2cccc(C)c2n1. The van der Waals surface area contributed by atoms with E-state index in [1.807, 2.05) is 19.2 Å². The molecule has 0 amide bonds. The van der Waals surface area contributed by atoms with Crippen molar-refractivity contribution in [2.24, 2.45) is 4.99 Å². The highest BCUT2D eigenvalue weighted by atomic mass is 19.1. The van der Waals surface area contributed by atoms with Crippen LogP contribution in [0.15, 0.2) is 53.8 Å². The van der Waals surface area contributed by atoms with Crippen LogP contribution in [0.4, 0.5) is 4.39 Å². The number of aryl methyl sites for hydroxylation is 1. The lowest BCUT2D eigenvalue weighted by Crippen LogP contribution is -2.38. The van der Waals surface area contributed by atoms with E-state index in [1.54, 1.807) is 12.1 Å². The van der Waals surface area contributed by atoms with E-state index < -0.39 is 0 Å². The van der Waals surface area contributed by atoms with Crippen LogP contribution in [0.5, 0.6) is 0 Å². The second-order valence-corrected chi connectivity index (χ2v) is 6.15. The minimum Gasteiger partial charge on any atom is -0.357 e. The topological polar surface area (TPSA) is 53.7 Å². The van der Waals surface area contributed by atoms with Crippen LogP contribution < -0.4 is 10.6 Å². The summed E-state index contributed by atoms with van der Waals surface area (Å²) in [6.07, 6.45) is 4.88. The Morgan fingerprint density at radius 3 is 2.73 bits per heavy atom. The van der Waals surface area contributed by atoms with Gasteiger partial charge in [0, 0.05) is 31.9 Å². The van der Waals surface area contributed by atoms with Crippen LogP contribution in [-0.4, -0.2) is 28.4 Å². The Morgan fingerprint density at radius 1 is 1.19 bits per heavy atom. The van der Waals surface area contributed by atoms with Crippen molar-refractivity contribution in [1.82, 2.24) is 20.0 Å². The summed E-state index contributed by atoms with van der Waals surface area (Å²) in [5.74, 6) is 0.516. The molecule has 0 aliphatic carbocycles. The second kappa shape index (κ2) is 8.47. The number of imidazole rings is 1. The van der Waals surface area contributed by atoms with Gasteiger partial charge in [-0.25, -0.2) is 14.4 Å². The summed E-state index contributed by atoms with van der Waals surface area (Å²) in [4.78, 5) is 9.23. The molecule has 5 nitrogen and oxygen atoms in total. The molecule has 0 bridgehead atoms.